The molecule has 0 radical (unpaired) electrons. The standard InChI is InChI=1S/C24H28/c1-16-3-7-20(8-4-16)24(21-9-5-17(2)6-10-21)22-12-18-11-19(14-22)15-23(24)13-18/h3-10,18-19,22-23H,11-15H2,1-2H3. The summed E-state index contributed by atoms with van der Waals surface area (Å²) in [6, 6.07) is 19.1. The molecule has 0 nitrogen and oxygen atoms in total. The van der Waals surface area contributed by atoms with Crippen LogP contribution in [0, 0.1) is 37.5 Å². The fourth-order valence-electron chi connectivity index (χ4n) is 6.70. The lowest BCUT2D eigenvalue weighted by Gasteiger charge is -2.62. The highest BCUT2D eigenvalue weighted by molar-refractivity contribution is 5.45. The number of hydrogen-bond donors (Lipinski definition) is 0. The summed E-state index contributed by atoms with van der Waals surface area (Å²) in [4.78, 5) is 0. The maximum atomic E-state index is 2.44. The van der Waals surface area contributed by atoms with Crippen LogP contribution in [0.4, 0.5) is 0 Å². The van der Waals surface area contributed by atoms with E-state index in [4.69, 9.17) is 0 Å². The summed E-state index contributed by atoms with van der Waals surface area (Å²) < 4.78 is 0. The number of hydrogen-bond acceptors (Lipinski definition) is 0. The molecule has 0 N–H and O–H groups in total. The summed E-state index contributed by atoms with van der Waals surface area (Å²) in [6.07, 6.45) is 7.33. The molecule has 4 aliphatic carbocycles. The predicted molar refractivity (Wildman–Crippen MR) is 100 cm³/mol. The lowest BCUT2D eigenvalue weighted by molar-refractivity contribution is -0.0418. The molecule has 0 amide bonds. The molecule has 24 heavy (non-hydrogen) atoms. The van der Waals surface area contributed by atoms with E-state index in [1.165, 1.54) is 43.2 Å². The van der Waals surface area contributed by atoms with Crippen LogP contribution < -0.4 is 0 Å². The van der Waals surface area contributed by atoms with Crippen molar-refractivity contribution in [1.29, 1.82) is 0 Å². The maximum Gasteiger partial charge on any atom is 0.0259 e. The molecule has 6 rings (SSSR count). The first-order valence-corrected chi connectivity index (χ1v) is 9.80. The van der Waals surface area contributed by atoms with Crippen molar-refractivity contribution >= 4 is 0 Å². The Labute approximate surface area is 146 Å². The van der Waals surface area contributed by atoms with Gasteiger partial charge in [0.2, 0.25) is 0 Å². The topological polar surface area (TPSA) is 0 Å². The van der Waals surface area contributed by atoms with Crippen LogP contribution in [-0.2, 0) is 5.41 Å². The van der Waals surface area contributed by atoms with Gasteiger partial charge in [-0.3, -0.25) is 0 Å². The first-order valence-electron chi connectivity index (χ1n) is 9.80. The molecule has 0 saturated heterocycles. The van der Waals surface area contributed by atoms with E-state index in [-0.39, 0.29) is 5.41 Å². The quantitative estimate of drug-likeness (QED) is 0.633. The molecular formula is C24H28. The van der Waals surface area contributed by atoms with Crippen molar-refractivity contribution in [2.45, 2.75) is 51.4 Å². The molecular weight excluding hydrogens is 288 g/mol. The third kappa shape index (κ3) is 1.98. The fourth-order valence-corrected chi connectivity index (χ4v) is 6.70. The van der Waals surface area contributed by atoms with Gasteiger partial charge in [0, 0.05) is 5.41 Å². The van der Waals surface area contributed by atoms with Gasteiger partial charge in [0.05, 0.1) is 0 Å². The van der Waals surface area contributed by atoms with Gasteiger partial charge in [-0.25, -0.2) is 0 Å². The Morgan fingerprint density at radius 1 is 0.583 bits per heavy atom. The van der Waals surface area contributed by atoms with E-state index in [0.29, 0.717) is 0 Å². The van der Waals surface area contributed by atoms with E-state index in [1.807, 2.05) is 0 Å². The monoisotopic (exact) mass is 316 g/mol. The Morgan fingerprint density at radius 2 is 0.958 bits per heavy atom. The van der Waals surface area contributed by atoms with Gasteiger partial charge >= 0.3 is 0 Å². The first kappa shape index (κ1) is 14.8. The Morgan fingerprint density at radius 3 is 1.33 bits per heavy atom. The van der Waals surface area contributed by atoms with Gasteiger partial charge in [-0.15, -0.1) is 0 Å². The van der Waals surface area contributed by atoms with Crippen molar-refractivity contribution in [3.8, 4) is 0 Å². The van der Waals surface area contributed by atoms with E-state index in [2.05, 4.69) is 62.4 Å². The van der Waals surface area contributed by atoms with Crippen LogP contribution in [0.25, 0.3) is 0 Å². The van der Waals surface area contributed by atoms with Crippen LogP contribution >= 0.6 is 0 Å². The number of benzene rings is 2. The molecule has 0 aromatic heterocycles. The molecule has 0 aliphatic heterocycles. The van der Waals surface area contributed by atoms with Crippen molar-refractivity contribution in [2.75, 3.05) is 0 Å². The van der Waals surface area contributed by atoms with Crippen molar-refractivity contribution in [2.24, 2.45) is 23.7 Å². The lowest BCUT2D eigenvalue weighted by Crippen LogP contribution is -2.56. The second-order valence-electron chi connectivity index (χ2n) is 8.91. The van der Waals surface area contributed by atoms with Gasteiger partial charge in [-0.05, 0) is 80.8 Å². The minimum atomic E-state index is 0.273. The zero-order valence-corrected chi connectivity index (χ0v) is 15.0. The molecule has 0 spiro atoms. The van der Waals surface area contributed by atoms with E-state index < -0.39 is 0 Å². The highest BCUT2D eigenvalue weighted by Crippen LogP contribution is 2.65. The van der Waals surface area contributed by atoms with Crippen molar-refractivity contribution in [3.05, 3.63) is 70.8 Å². The number of rotatable bonds is 2. The number of aryl methyl sites for hydroxylation is 2. The normalized spacial score (nSPS) is 32.9. The third-order valence-corrected chi connectivity index (χ3v) is 7.48. The third-order valence-electron chi connectivity index (χ3n) is 7.48. The zero-order valence-electron chi connectivity index (χ0n) is 15.0. The molecule has 0 atom stereocenters. The molecule has 2 aromatic rings. The second kappa shape index (κ2) is 5.22. The van der Waals surface area contributed by atoms with E-state index in [1.54, 1.807) is 11.1 Å². The van der Waals surface area contributed by atoms with Crippen LogP contribution in [0.1, 0.15) is 54.4 Å². The van der Waals surface area contributed by atoms with Gasteiger partial charge < -0.3 is 0 Å². The summed E-state index contributed by atoms with van der Waals surface area (Å²) >= 11 is 0. The Balaban J connectivity index is 1.72. The van der Waals surface area contributed by atoms with E-state index in [9.17, 15) is 0 Å². The van der Waals surface area contributed by atoms with Crippen LogP contribution in [0.2, 0.25) is 0 Å². The van der Waals surface area contributed by atoms with Crippen LogP contribution in [0.3, 0.4) is 0 Å². The molecule has 4 bridgehead atoms. The highest BCUT2D eigenvalue weighted by atomic mass is 14.6. The van der Waals surface area contributed by atoms with E-state index in [0.717, 1.165) is 23.7 Å². The summed E-state index contributed by atoms with van der Waals surface area (Å²) in [5, 5.41) is 0. The van der Waals surface area contributed by atoms with E-state index >= 15 is 0 Å². The molecule has 0 heterocycles. The smallest absolute Gasteiger partial charge is 0.0259 e. The summed E-state index contributed by atoms with van der Waals surface area (Å²) in [7, 11) is 0. The Hall–Kier alpha value is -1.56. The molecule has 4 aliphatic rings. The molecule has 0 unspecified atom stereocenters. The van der Waals surface area contributed by atoms with Gasteiger partial charge in [0.15, 0.2) is 0 Å². The van der Waals surface area contributed by atoms with Crippen molar-refractivity contribution < 1.29 is 0 Å². The summed E-state index contributed by atoms with van der Waals surface area (Å²) in [5.74, 6) is 3.71. The van der Waals surface area contributed by atoms with Gasteiger partial charge in [-0.2, -0.15) is 0 Å². The second-order valence-corrected chi connectivity index (χ2v) is 8.91. The molecule has 2 aromatic carbocycles. The zero-order chi connectivity index (χ0) is 16.3. The molecule has 0 heteroatoms. The lowest BCUT2D eigenvalue weighted by atomic mass is 9.42. The van der Waals surface area contributed by atoms with Crippen molar-refractivity contribution in [1.82, 2.24) is 0 Å². The van der Waals surface area contributed by atoms with Crippen LogP contribution in [0.15, 0.2) is 48.5 Å². The van der Waals surface area contributed by atoms with Crippen LogP contribution in [-0.4, -0.2) is 0 Å². The fraction of sp³-hybridized carbons (Fsp3) is 0.500. The molecule has 4 fully saturated rings. The maximum absolute atomic E-state index is 2.44. The van der Waals surface area contributed by atoms with Gasteiger partial charge in [0.25, 0.3) is 0 Å². The average Bonchev–Trinajstić information content (AvgIpc) is 2.57. The SMILES string of the molecule is Cc1ccc(C2(c3ccc(C)cc3)C3CC4CC(C3)CC2C4)cc1. The molecule has 124 valence electrons. The predicted octanol–water partition coefficient (Wildman–Crippen LogP) is 6.05. The van der Waals surface area contributed by atoms with Crippen LogP contribution in [0.5, 0.6) is 0 Å². The largest absolute Gasteiger partial charge is 0.0590 e. The summed E-state index contributed by atoms with van der Waals surface area (Å²) in [6.45, 7) is 4.42. The first-order chi connectivity index (χ1) is 11.7. The average molecular weight is 316 g/mol. The Kier molecular flexibility index (Phi) is 3.21. The summed E-state index contributed by atoms with van der Waals surface area (Å²) in [5.41, 5.74) is 6.20. The van der Waals surface area contributed by atoms with Crippen molar-refractivity contribution in [3.63, 3.8) is 0 Å². The molecule has 4 saturated carbocycles. The van der Waals surface area contributed by atoms with Gasteiger partial charge in [-0.1, -0.05) is 59.7 Å². The Bertz CT molecular complexity index is 659. The minimum absolute atomic E-state index is 0.273. The highest BCUT2D eigenvalue weighted by Gasteiger charge is 2.58. The van der Waals surface area contributed by atoms with Gasteiger partial charge in [0.1, 0.15) is 0 Å². The minimum Gasteiger partial charge on any atom is -0.0590 e.